The standard InChI is InChI=1S/C23H25BrN2O4S2/c1-15(2)32(28,29)19-8-5-16(6-9-19)12-22(27)26(14-18-4-3-11-30-18)23-25-20-10-7-17(24)13-21(20)31-23/h5-10,13,15,18H,3-4,11-12,14H2,1-2H3. The summed E-state index contributed by atoms with van der Waals surface area (Å²) >= 11 is 4.97. The molecule has 9 heteroatoms. The van der Waals surface area contributed by atoms with Crippen molar-refractivity contribution in [1.82, 2.24) is 4.98 Å². The van der Waals surface area contributed by atoms with Crippen LogP contribution in [0, 0.1) is 0 Å². The van der Waals surface area contributed by atoms with Crippen LogP contribution in [-0.2, 0) is 25.8 Å². The molecular formula is C23H25BrN2O4S2. The van der Waals surface area contributed by atoms with E-state index in [1.54, 1.807) is 43.0 Å². The smallest absolute Gasteiger partial charge is 0.233 e. The molecule has 1 aliphatic rings. The lowest BCUT2D eigenvalue weighted by molar-refractivity contribution is -0.118. The minimum atomic E-state index is -3.34. The van der Waals surface area contributed by atoms with Crippen LogP contribution in [-0.4, -0.2) is 43.8 Å². The largest absolute Gasteiger partial charge is 0.376 e. The molecule has 0 radical (unpaired) electrons. The molecule has 1 aromatic heterocycles. The number of carbonyl (C=O) groups is 1. The molecule has 0 spiro atoms. The fraction of sp³-hybridized carbons (Fsp3) is 0.391. The highest BCUT2D eigenvalue weighted by Gasteiger charge is 2.26. The van der Waals surface area contributed by atoms with Crippen LogP contribution in [0.3, 0.4) is 0 Å². The van der Waals surface area contributed by atoms with Crippen molar-refractivity contribution in [1.29, 1.82) is 0 Å². The Bertz CT molecular complexity index is 1220. The summed E-state index contributed by atoms with van der Waals surface area (Å²) in [6, 6.07) is 12.5. The van der Waals surface area contributed by atoms with Gasteiger partial charge in [0.05, 0.1) is 39.4 Å². The molecule has 32 heavy (non-hydrogen) atoms. The lowest BCUT2D eigenvalue weighted by Gasteiger charge is -2.23. The average molecular weight is 538 g/mol. The predicted molar refractivity (Wildman–Crippen MR) is 131 cm³/mol. The fourth-order valence-corrected chi connectivity index (χ4v) is 6.22. The number of thiazole rings is 1. The van der Waals surface area contributed by atoms with Crippen molar-refractivity contribution < 1.29 is 17.9 Å². The molecule has 1 fully saturated rings. The third-order valence-corrected chi connectivity index (χ3v) is 9.21. The number of hydrogen-bond donors (Lipinski definition) is 0. The minimum absolute atomic E-state index is 0.00346. The monoisotopic (exact) mass is 536 g/mol. The number of aromatic nitrogens is 1. The summed E-state index contributed by atoms with van der Waals surface area (Å²) in [6.07, 6.45) is 2.07. The molecule has 6 nitrogen and oxygen atoms in total. The van der Waals surface area contributed by atoms with E-state index >= 15 is 0 Å². The number of hydrogen-bond acceptors (Lipinski definition) is 6. The molecule has 4 rings (SSSR count). The van der Waals surface area contributed by atoms with E-state index in [2.05, 4.69) is 15.9 Å². The fourth-order valence-electron chi connectivity index (χ4n) is 3.62. The van der Waals surface area contributed by atoms with Gasteiger partial charge in [0.2, 0.25) is 5.91 Å². The zero-order valence-electron chi connectivity index (χ0n) is 18.0. The van der Waals surface area contributed by atoms with Gasteiger partial charge in [-0.3, -0.25) is 9.69 Å². The Morgan fingerprint density at radius 3 is 2.66 bits per heavy atom. The van der Waals surface area contributed by atoms with E-state index < -0.39 is 15.1 Å². The molecule has 1 aliphatic heterocycles. The van der Waals surface area contributed by atoms with Crippen molar-refractivity contribution in [3.05, 3.63) is 52.5 Å². The maximum absolute atomic E-state index is 13.3. The second-order valence-electron chi connectivity index (χ2n) is 8.16. The average Bonchev–Trinajstić information content (AvgIpc) is 3.41. The maximum Gasteiger partial charge on any atom is 0.233 e. The van der Waals surface area contributed by atoms with Crippen LogP contribution in [0.15, 0.2) is 51.8 Å². The number of anilines is 1. The Labute approximate surface area is 200 Å². The molecule has 2 aromatic carbocycles. The molecule has 170 valence electrons. The van der Waals surface area contributed by atoms with Crippen LogP contribution in [0.2, 0.25) is 0 Å². The Hall–Kier alpha value is -1.81. The number of nitrogens with zero attached hydrogens (tertiary/aromatic N) is 2. The molecule has 3 aromatic rings. The van der Waals surface area contributed by atoms with Crippen molar-refractivity contribution in [2.24, 2.45) is 0 Å². The van der Waals surface area contributed by atoms with E-state index in [0.29, 0.717) is 18.3 Å². The summed E-state index contributed by atoms with van der Waals surface area (Å²) in [7, 11) is -3.34. The van der Waals surface area contributed by atoms with E-state index in [0.717, 1.165) is 33.1 Å². The van der Waals surface area contributed by atoms with E-state index in [9.17, 15) is 13.2 Å². The normalized spacial score (nSPS) is 16.7. The van der Waals surface area contributed by atoms with Crippen molar-refractivity contribution in [3.8, 4) is 0 Å². The molecule has 1 atom stereocenters. The van der Waals surface area contributed by atoms with Crippen LogP contribution in [0.5, 0.6) is 0 Å². The van der Waals surface area contributed by atoms with Crippen molar-refractivity contribution in [3.63, 3.8) is 0 Å². The zero-order chi connectivity index (χ0) is 22.9. The molecular weight excluding hydrogens is 512 g/mol. The van der Waals surface area contributed by atoms with Gasteiger partial charge >= 0.3 is 0 Å². The van der Waals surface area contributed by atoms with E-state index in [4.69, 9.17) is 9.72 Å². The summed E-state index contributed by atoms with van der Waals surface area (Å²) in [5.74, 6) is -0.0851. The van der Waals surface area contributed by atoms with Crippen molar-refractivity contribution in [2.45, 2.75) is 49.4 Å². The number of halogens is 1. The third kappa shape index (κ3) is 5.06. The summed E-state index contributed by atoms with van der Waals surface area (Å²) in [5.41, 5.74) is 1.61. The summed E-state index contributed by atoms with van der Waals surface area (Å²) in [4.78, 5) is 20.0. The van der Waals surface area contributed by atoms with Gasteiger partial charge in [-0.1, -0.05) is 39.4 Å². The minimum Gasteiger partial charge on any atom is -0.376 e. The Morgan fingerprint density at radius 1 is 1.25 bits per heavy atom. The number of ether oxygens (including phenoxy) is 1. The molecule has 1 saturated heterocycles. The second kappa shape index (κ2) is 9.59. The topological polar surface area (TPSA) is 76.6 Å². The highest BCUT2D eigenvalue weighted by molar-refractivity contribution is 9.10. The lowest BCUT2D eigenvalue weighted by Crippen LogP contribution is -2.38. The third-order valence-electron chi connectivity index (χ3n) is 5.51. The molecule has 1 unspecified atom stereocenters. The van der Waals surface area contributed by atoms with Crippen LogP contribution >= 0.6 is 27.3 Å². The second-order valence-corrected chi connectivity index (χ2v) is 12.6. The Morgan fingerprint density at radius 2 is 2.00 bits per heavy atom. The number of amides is 1. The van der Waals surface area contributed by atoms with E-state index in [1.807, 2.05) is 18.2 Å². The number of benzene rings is 2. The maximum atomic E-state index is 13.3. The number of carbonyl (C=O) groups excluding carboxylic acids is 1. The van der Waals surface area contributed by atoms with Crippen LogP contribution < -0.4 is 4.90 Å². The number of rotatable bonds is 7. The first-order valence-corrected chi connectivity index (χ1v) is 13.7. The predicted octanol–water partition coefficient (Wildman–Crippen LogP) is 5.00. The van der Waals surface area contributed by atoms with Gasteiger partial charge < -0.3 is 4.74 Å². The van der Waals surface area contributed by atoms with E-state index in [-0.39, 0.29) is 23.3 Å². The van der Waals surface area contributed by atoms with Crippen LogP contribution in [0.4, 0.5) is 5.13 Å². The number of fused-ring (bicyclic) bond motifs is 1. The molecule has 0 N–H and O–H groups in total. The number of sulfone groups is 1. The van der Waals surface area contributed by atoms with Gasteiger partial charge in [-0.2, -0.15) is 0 Å². The first-order valence-electron chi connectivity index (χ1n) is 10.5. The van der Waals surface area contributed by atoms with E-state index in [1.165, 1.54) is 11.3 Å². The van der Waals surface area contributed by atoms with Crippen LogP contribution in [0.25, 0.3) is 10.2 Å². The van der Waals surface area contributed by atoms with Gasteiger partial charge in [-0.15, -0.1) is 0 Å². The SMILES string of the molecule is CC(C)S(=O)(=O)c1ccc(CC(=O)N(CC2CCCO2)c2nc3ccc(Br)cc3s2)cc1. The summed E-state index contributed by atoms with van der Waals surface area (Å²) in [6.45, 7) is 4.49. The Kier molecular flexibility index (Phi) is 7.00. The van der Waals surface area contributed by atoms with Crippen molar-refractivity contribution >= 4 is 58.4 Å². The Balaban J connectivity index is 1.58. The summed E-state index contributed by atoms with van der Waals surface area (Å²) in [5, 5.41) is 0.161. The quantitative estimate of drug-likeness (QED) is 0.424. The van der Waals surface area contributed by atoms with Crippen LogP contribution in [0.1, 0.15) is 32.3 Å². The highest BCUT2D eigenvalue weighted by atomic mass is 79.9. The van der Waals surface area contributed by atoms with Gasteiger partial charge in [0.1, 0.15) is 0 Å². The molecule has 0 bridgehead atoms. The lowest BCUT2D eigenvalue weighted by atomic mass is 10.1. The highest BCUT2D eigenvalue weighted by Crippen LogP contribution is 2.32. The molecule has 1 amide bonds. The first kappa shape index (κ1) is 23.4. The van der Waals surface area contributed by atoms with Gasteiger partial charge in [-0.05, 0) is 62.6 Å². The van der Waals surface area contributed by atoms with Crippen molar-refractivity contribution in [2.75, 3.05) is 18.1 Å². The summed E-state index contributed by atoms with van der Waals surface area (Å²) < 4.78 is 32.5. The zero-order valence-corrected chi connectivity index (χ0v) is 21.2. The van der Waals surface area contributed by atoms with Gasteiger partial charge in [0.15, 0.2) is 15.0 Å². The first-order chi connectivity index (χ1) is 15.2. The molecule has 0 saturated carbocycles. The molecule has 0 aliphatic carbocycles. The van der Waals surface area contributed by atoms with Gasteiger partial charge in [-0.25, -0.2) is 13.4 Å². The van der Waals surface area contributed by atoms with Gasteiger partial charge in [0, 0.05) is 11.1 Å². The van der Waals surface area contributed by atoms with Gasteiger partial charge in [0.25, 0.3) is 0 Å². The molecule has 2 heterocycles.